The van der Waals surface area contributed by atoms with E-state index in [1.807, 2.05) is 36.4 Å². The van der Waals surface area contributed by atoms with Gasteiger partial charge in [0.2, 0.25) is 15.9 Å². The minimum absolute atomic E-state index is 0.169. The van der Waals surface area contributed by atoms with Crippen LogP contribution in [0, 0.1) is 0 Å². The van der Waals surface area contributed by atoms with E-state index >= 15 is 0 Å². The van der Waals surface area contributed by atoms with Crippen molar-refractivity contribution >= 4 is 38.3 Å². The molecule has 0 aliphatic rings. The van der Waals surface area contributed by atoms with Crippen LogP contribution in [0.3, 0.4) is 0 Å². The number of carbonyl (C=O) groups is 1. The van der Waals surface area contributed by atoms with Crippen LogP contribution in [0.1, 0.15) is 5.56 Å². The third-order valence-corrected chi connectivity index (χ3v) is 6.50. The summed E-state index contributed by atoms with van der Waals surface area (Å²) in [5.74, 6) is -0.346. The summed E-state index contributed by atoms with van der Waals surface area (Å²) in [7, 11) is -2.34. The number of amides is 1. The fourth-order valence-corrected chi connectivity index (χ4v) is 4.14. The lowest BCUT2D eigenvalue weighted by Crippen LogP contribution is -2.39. The highest BCUT2D eigenvalue weighted by atomic mass is 35.5. The standard InChI is InChI=1S/C21H21ClN2O3S/c1-24(15-21(25)23-13-12-16-6-9-19(22)10-7-16)28(26,27)20-11-8-17-4-2-3-5-18(17)14-20/h2-11,14H,12-13,15H2,1H3,(H,23,25). The lowest BCUT2D eigenvalue weighted by Gasteiger charge is -2.17. The molecular weight excluding hydrogens is 396 g/mol. The number of hydrogen-bond donors (Lipinski definition) is 1. The molecule has 3 aromatic rings. The first-order valence-electron chi connectivity index (χ1n) is 8.82. The number of nitrogens with one attached hydrogen (secondary N) is 1. The lowest BCUT2D eigenvalue weighted by molar-refractivity contribution is -0.121. The molecule has 0 aliphatic heterocycles. The fraction of sp³-hybridized carbons (Fsp3) is 0.190. The molecular formula is C21H21ClN2O3S. The van der Waals surface area contributed by atoms with Crippen LogP contribution in [0.4, 0.5) is 0 Å². The molecule has 0 saturated carbocycles. The first-order chi connectivity index (χ1) is 13.4. The van der Waals surface area contributed by atoms with Crippen LogP contribution in [0.5, 0.6) is 0 Å². The normalized spacial score (nSPS) is 11.7. The zero-order valence-corrected chi connectivity index (χ0v) is 17.0. The predicted molar refractivity (Wildman–Crippen MR) is 112 cm³/mol. The Morgan fingerprint density at radius 3 is 2.39 bits per heavy atom. The van der Waals surface area contributed by atoms with Gasteiger partial charge in [-0.15, -0.1) is 0 Å². The van der Waals surface area contributed by atoms with Crippen LogP contribution >= 0.6 is 11.6 Å². The Balaban J connectivity index is 1.59. The second-order valence-electron chi connectivity index (χ2n) is 6.50. The van der Waals surface area contributed by atoms with Crippen molar-refractivity contribution in [2.45, 2.75) is 11.3 Å². The number of hydrogen-bond acceptors (Lipinski definition) is 3. The molecule has 0 spiro atoms. The van der Waals surface area contributed by atoms with Crippen molar-refractivity contribution in [1.82, 2.24) is 9.62 Å². The summed E-state index contributed by atoms with van der Waals surface area (Å²) in [5, 5.41) is 5.21. The molecule has 0 radical (unpaired) electrons. The lowest BCUT2D eigenvalue weighted by atomic mass is 10.1. The SMILES string of the molecule is CN(CC(=O)NCCc1ccc(Cl)cc1)S(=O)(=O)c1ccc2ccccc2c1. The van der Waals surface area contributed by atoms with Crippen molar-refractivity contribution in [3.05, 3.63) is 77.3 Å². The first kappa shape index (κ1) is 20.3. The zero-order valence-electron chi connectivity index (χ0n) is 15.4. The van der Waals surface area contributed by atoms with E-state index in [2.05, 4.69) is 5.32 Å². The Labute approximate surface area is 170 Å². The van der Waals surface area contributed by atoms with E-state index in [0.29, 0.717) is 18.0 Å². The van der Waals surface area contributed by atoms with Gasteiger partial charge in [-0.05, 0) is 47.0 Å². The van der Waals surface area contributed by atoms with Crippen LogP contribution in [-0.4, -0.2) is 38.8 Å². The van der Waals surface area contributed by atoms with Gasteiger partial charge in [0.25, 0.3) is 0 Å². The number of likely N-dealkylation sites (N-methyl/N-ethyl adjacent to an activating group) is 1. The van der Waals surface area contributed by atoms with E-state index in [1.54, 1.807) is 30.3 Å². The predicted octanol–water partition coefficient (Wildman–Crippen LogP) is 3.47. The number of sulfonamides is 1. The minimum Gasteiger partial charge on any atom is -0.355 e. The van der Waals surface area contributed by atoms with Crippen LogP contribution in [0.25, 0.3) is 10.8 Å². The van der Waals surface area contributed by atoms with E-state index in [-0.39, 0.29) is 17.3 Å². The summed E-state index contributed by atoms with van der Waals surface area (Å²) in [4.78, 5) is 12.3. The van der Waals surface area contributed by atoms with Crippen molar-refractivity contribution in [1.29, 1.82) is 0 Å². The van der Waals surface area contributed by atoms with Gasteiger partial charge < -0.3 is 5.32 Å². The van der Waals surface area contributed by atoms with Gasteiger partial charge in [-0.2, -0.15) is 4.31 Å². The molecule has 0 saturated heterocycles. The minimum atomic E-state index is -3.75. The van der Waals surface area contributed by atoms with Crippen molar-refractivity contribution in [2.75, 3.05) is 20.1 Å². The van der Waals surface area contributed by atoms with Crippen molar-refractivity contribution in [3.63, 3.8) is 0 Å². The highest BCUT2D eigenvalue weighted by Gasteiger charge is 2.23. The van der Waals surface area contributed by atoms with Crippen molar-refractivity contribution in [3.8, 4) is 0 Å². The van der Waals surface area contributed by atoms with Gasteiger partial charge >= 0.3 is 0 Å². The average Bonchev–Trinajstić information content (AvgIpc) is 2.69. The summed E-state index contributed by atoms with van der Waals surface area (Å²) in [6.07, 6.45) is 0.643. The first-order valence-corrected chi connectivity index (χ1v) is 10.6. The van der Waals surface area contributed by atoms with E-state index in [4.69, 9.17) is 11.6 Å². The highest BCUT2D eigenvalue weighted by molar-refractivity contribution is 7.89. The highest BCUT2D eigenvalue weighted by Crippen LogP contribution is 2.21. The Morgan fingerprint density at radius 2 is 1.68 bits per heavy atom. The van der Waals surface area contributed by atoms with Gasteiger partial charge in [-0.1, -0.05) is 54.1 Å². The molecule has 7 heteroatoms. The maximum atomic E-state index is 12.8. The topological polar surface area (TPSA) is 66.5 Å². The molecule has 3 aromatic carbocycles. The maximum absolute atomic E-state index is 12.8. The maximum Gasteiger partial charge on any atom is 0.243 e. The molecule has 3 rings (SSSR count). The van der Waals surface area contributed by atoms with Gasteiger partial charge in [0.15, 0.2) is 0 Å². The summed E-state index contributed by atoms with van der Waals surface area (Å²) in [6, 6.07) is 19.9. The molecule has 0 heterocycles. The number of carbonyl (C=O) groups excluding carboxylic acids is 1. The Bertz CT molecular complexity index is 1080. The Kier molecular flexibility index (Phi) is 6.34. The van der Waals surface area contributed by atoms with Crippen molar-refractivity contribution < 1.29 is 13.2 Å². The molecule has 0 aromatic heterocycles. The molecule has 1 N–H and O–H groups in total. The molecule has 0 aliphatic carbocycles. The number of halogens is 1. The quantitative estimate of drug-likeness (QED) is 0.641. The molecule has 0 unspecified atom stereocenters. The van der Waals surface area contributed by atoms with E-state index in [0.717, 1.165) is 20.6 Å². The fourth-order valence-electron chi connectivity index (χ4n) is 2.85. The summed E-state index contributed by atoms with van der Waals surface area (Å²) in [6.45, 7) is 0.181. The smallest absolute Gasteiger partial charge is 0.243 e. The van der Waals surface area contributed by atoms with E-state index in [9.17, 15) is 13.2 Å². The van der Waals surface area contributed by atoms with Crippen LogP contribution < -0.4 is 5.32 Å². The molecule has 28 heavy (non-hydrogen) atoms. The molecule has 146 valence electrons. The van der Waals surface area contributed by atoms with Gasteiger partial charge in [-0.25, -0.2) is 8.42 Å². The third kappa shape index (κ3) is 4.90. The zero-order chi connectivity index (χ0) is 20.1. The van der Waals surface area contributed by atoms with Gasteiger partial charge in [-0.3, -0.25) is 4.79 Å². The third-order valence-electron chi connectivity index (χ3n) is 4.44. The van der Waals surface area contributed by atoms with E-state index < -0.39 is 10.0 Å². The molecule has 1 amide bonds. The molecule has 5 nitrogen and oxygen atoms in total. The Morgan fingerprint density at radius 1 is 1.00 bits per heavy atom. The summed E-state index contributed by atoms with van der Waals surface area (Å²) < 4.78 is 26.6. The molecule has 0 bridgehead atoms. The van der Waals surface area contributed by atoms with Gasteiger partial charge in [0.1, 0.15) is 0 Å². The van der Waals surface area contributed by atoms with Crippen LogP contribution in [0.2, 0.25) is 5.02 Å². The van der Waals surface area contributed by atoms with Gasteiger partial charge in [0.05, 0.1) is 11.4 Å². The Hall–Kier alpha value is -2.41. The number of rotatable bonds is 7. The molecule has 0 atom stereocenters. The largest absolute Gasteiger partial charge is 0.355 e. The summed E-state index contributed by atoms with van der Waals surface area (Å²) in [5.41, 5.74) is 1.04. The van der Waals surface area contributed by atoms with Crippen LogP contribution in [-0.2, 0) is 21.2 Å². The van der Waals surface area contributed by atoms with E-state index in [1.165, 1.54) is 7.05 Å². The van der Waals surface area contributed by atoms with Crippen molar-refractivity contribution in [2.24, 2.45) is 0 Å². The van der Waals surface area contributed by atoms with Gasteiger partial charge in [0, 0.05) is 18.6 Å². The number of benzene rings is 3. The average molecular weight is 417 g/mol. The monoisotopic (exact) mass is 416 g/mol. The molecule has 0 fully saturated rings. The second kappa shape index (κ2) is 8.73. The second-order valence-corrected chi connectivity index (χ2v) is 8.98. The summed E-state index contributed by atoms with van der Waals surface area (Å²) >= 11 is 5.85. The van der Waals surface area contributed by atoms with Crippen LogP contribution in [0.15, 0.2) is 71.6 Å². The number of nitrogens with zero attached hydrogens (tertiary/aromatic N) is 1. The number of fused-ring (bicyclic) bond motifs is 1.